The van der Waals surface area contributed by atoms with Crippen LogP contribution in [0.4, 0.5) is 5.69 Å². The smallest absolute Gasteiger partial charge is 0.246 e. The highest BCUT2D eigenvalue weighted by Gasteiger charge is 2.29. The van der Waals surface area contributed by atoms with Crippen LogP contribution in [0.5, 0.6) is 0 Å². The Bertz CT molecular complexity index is 1080. The number of nitrogens with one attached hydrogen (secondary N) is 1. The standard InChI is InChI=1S/C20H22N4O4S/c1-14-9-11-17(12-10-14)24(29(3,26)27)15(2)20(25)21-13-18-22-19(23-28-18)16-7-5-4-6-8-16/h4-12,15H,13H2,1-3H3,(H,21,25). The van der Waals surface area contributed by atoms with E-state index in [1.54, 1.807) is 24.3 Å². The quantitative estimate of drug-likeness (QED) is 0.637. The molecule has 0 bridgehead atoms. The van der Waals surface area contributed by atoms with Crippen LogP contribution in [0, 0.1) is 6.92 Å². The van der Waals surface area contributed by atoms with Gasteiger partial charge in [0.25, 0.3) is 0 Å². The maximum absolute atomic E-state index is 12.6. The first kappa shape index (κ1) is 20.5. The number of nitrogens with zero attached hydrogens (tertiary/aromatic N) is 3. The Morgan fingerprint density at radius 1 is 1.14 bits per heavy atom. The van der Waals surface area contributed by atoms with E-state index >= 15 is 0 Å². The van der Waals surface area contributed by atoms with Gasteiger partial charge in [-0.05, 0) is 26.0 Å². The SMILES string of the molecule is Cc1ccc(N(C(C)C(=O)NCc2nc(-c3ccccc3)no2)S(C)(=O)=O)cc1. The molecule has 0 aliphatic heterocycles. The van der Waals surface area contributed by atoms with Crippen LogP contribution >= 0.6 is 0 Å². The second-order valence-corrected chi connectivity index (χ2v) is 8.53. The average molecular weight is 414 g/mol. The molecule has 1 amide bonds. The van der Waals surface area contributed by atoms with Crippen LogP contribution < -0.4 is 9.62 Å². The van der Waals surface area contributed by atoms with Crippen molar-refractivity contribution in [1.82, 2.24) is 15.5 Å². The van der Waals surface area contributed by atoms with Crippen molar-refractivity contribution in [3.8, 4) is 11.4 Å². The van der Waals surface area contributed by atoms with Crippen molar-refractivity contribution in [2.45, 2.75) is 26.4 Å². The summed E-state index contributed by atoms with van der Waals surface area (Å²) in [5.41, 5.74) is 2.21. The zero-order valence-electron chi connectivity index (χ0n) is 16.4. The van der Waals surface area contributed by atoms with Gasteiger partial charge in [-0.2, -0.15) is 4.98 Å². The van der Waals surface area contributed by atoms with Crippen LogP contribution in [0.2, 0.25) is 0 Å². The molecule has 0 aliphatic rings. The van der Waals surface area contributed by atoms with E-state index in [0.717, 1.165) is 21.7 Å². The molecule has 3 aromatic rings. The highest BCUT2D eigenvalue weighted by Crippen LogP contribution is 2.21. The third kappa shape index (κ3) is 5.00. The lowest BCUT2D eigenvalue weighted by atomic mass is 10.2. The molecule has 0 aliphatic carbocycles. The fourth-order valence-electron chi connectivity index (χ4n) is 2.84. The van der Waals surface area contributed by atoms with Crippen molar-refractivity contribution in [3.05, 3.63) is 66.1 Å². The topological polar surface area (TPSA) is 105 Å². The molecule has 8 nitrogen and oxygen atoms in total. The van der Waals surface area contributed by atoms with Crippen molar-refractivity contribution in [2.24, 2.45) is 0 Å². The fraction of sp³-hybridized carbons (Fsp3) is 0.250. The minimum atomic E-state index is -3.67. The number of aryl methyl sites for hydroxylation is 1. The molecule has 1 aromatic heterocycles. The van der Waals surface area contributed by atoms with Gasteiger partial charge in [0.15, 0.2) is 0 Å². The largest absolute Gasteiger partial charge is 0.345 e. The average Bonchev–Trinajstić information content (AvgIpc) is 3.16. The van der Waals surface area contributed by atoms with E-state index in [1.807, 2.05) is 37.3 Å². The summed E-state index contributed by atoms with van der Waals surface area (Å²) in [7, 11) is -3.67. The number of hydrogen-bond donors (Lipinski definition) is 1. The molecular formula is C20H22N4O4S. The van der Waals surface area contributed by atoms with Gasteiger partial charge in [-0.1, -0.05) is 53.2 Å². The van der Waals surface area contributed by atoms with Crippen molar-refractivity contribution < 1.29 is 17.7 Å². The predicted octanol–water partition coefficient (Wildman–Crippen LogP) is 2.52. The zero-order valence-corrected chi connectivity index (χ0v) is 17.2. The summed E-state index contributed by atoms with van der Waals surface area (Å²) in [5, 5.41) is 6.55. The first-order valence-electron chi connectivity index (χ1n) is 8.97. The second-order valence-electron chi connectivity index (χ2n) is 6.67. The first-order chi connectivity index (χ1) is 13.8. The van der Waals surface area contributed by atoms with Crippen LogP contribution in [0.25, 0.3) is 11.4 Å². The molecular weight excluding hydrogens is 392 g/mol. The molecule has 1 heterocycles. The van der Waals surface area contributed by atoms with Gasteiger partial charge in [-0.15, -0.1) is 0 Å². The lowest BCUT2D eigenvalue weighted by molar-refractivity contribution is -0.122. The summed E-state index contributed by atoms with van der Waals surface area (Å²) in [6, 6.07) is 15.3. The Morgan fingerprint density at radius 2 is 1.79 bits per heavy atom. The molecule has 1 unspecified atom stereocenters. The van der Waals surface area contributed by atoms with Crippen molar-refractivity contribution in [2.75, 3.05) is 10.6 Å². The Morgan fingerprint density at radius 3 is 2.41 bits per heavy atom. The van der Waals surface area contributed by atoms with Crippen molar-refractivity contribution in [3.63, 3.8) is 0 Å². The van der Waals surface area contributed by atoms with Gasteiger partial charge in [0.2, 0.25) is 27.6 Å². The molecule has 0 fully saturated rings. The molecule has 152 valence electrons. The summed E-state index contributed by atoms with van der Waals surface area (Å²) in [6.45, 7) is 3.42. The number of rotatable bonds is 7. The molecule has 3 rings (SSSR count). The molecule has 29 heavy (non-hydrogen) atoms. The van der Waals surface area contributed by atoms with Crippen LogP contribution in [0.3, 0.4) is 0 Å². The molecule has 9 heteroatoms. The first-order valence-corrected chi connectivity index (χ1v) is 10.8. The van der Waals surface area contributed by atoms with Gasteiger partial charge in [0.1, 0.15) is 6.04 Å². The lowest BCUT2D eigenvalue weighted by Gasteiger charge is -2.28. The van der Waals surface area contributed by atoms with E-state index in [0.29, 0.717) is 11.5 Å². The fourth-order valence-corrected chi connectivity index (χ4v) is 4.02. The summed E-state index contributed by atoms with van der Waals surface area (Å²) in [5.74, 6) is 0.168. The molecule has 0 radical (unpaired) electrons. The number of sulfonamides is 1. The molecule has 0 saturated heterocycles. The lowest BCUT2D eigenvalue weighted by Crippen LogP contribution is -2.47. The van der Waals surface area contributed by atoms with Gasteiger partial charge in [-0.25, -0.2) is 8.42 Å². The second kappa shape index (κ2) is 8.44. The Kier molecular flexibility index (Phi) is 5.97. The normalized spacial score (nSPS) is 12.4. The van der Waals surface area contributed by atoms with E-state index in [4.69, 9.17) is 4.52 Å². The Labute approximate surface area is 169 Å². The molecule has 2 aromatic carbocycles. The molecule has 0 spiro atoms. The number of aromatic nitrogens is 2. The maximum atomic E-state index is 12.6. The zero-order chi connectivity index (χ0) is 21.0. The van der Waals surface area contributed by atoms with Gasteiger partial charge in [0.05, 0.1) is 18.5 Å². The summed E-state index contributed by atoms with van der Waals surface area (Å²) in [6.07, 6.45) is 1.07. The van der Waals surface area contributed by atoms with Gasteiger partial charge in [0, 0.05) is 5.56 Å². The van der Waals surface area contributed by atoms with Crippen LogP contribution in [-0.4, -0.2) is 36.8 Å². The minimum absolute atomic E-state index is 0.00545. The predicted molar refractivity (Wildman–Crippen MR) is 110 cm³/mol. The van der Waals surface area contributed by atoms with Crippen molar-refractivity contribution in [1.29, 1.82) is 0 Å². The van der Waals surface area contributed by atoms with E-state index < -0.39 is 22.0 Å². The highest BCUT2D eigenvalue weighted by atomic mass is 32.2. The highest BCUT2D eigenvalue weighted by molar-refractivity contribution is 7.92. The maximum Gasteiger partial charge on any atom is 0.246 e. The number of benzene rings is 2. The Balaban J connectivity index is 1.70. The van der Waals surface area contributed by atoms with Gasteiger partial charge >= 0.3 is 0 Å². The molecule has 0 saturated carbocycles. The van der Waals surface area contributed by atoms with Crippen LogP contribution in [0.15, 0.2) is 59.1 Å². The van der Waals surface area contributed by atoms with Crippen LogP contribution in [0.1, 0.15) is 18.4 Å². The number of carbonyl (C=O) groups excluding carboxylic acids is 1. The van der Waals surface area contributed by atoms with Crippen molar-refractivity contribution >= 4 is 21.6 Å². The number of anilines is 1. The number of amides is 1. The van der Waals surface area contributed by atoms with Crippen LogP contribution in [-0.2, 0) is 21.4 Å². The summed E-state index contributed by atoms with van der Waals surface area (Å²) >= 11 is 0. The van der Waals surface area contributed by atoms with Gasteiger partial charge < -0.3 is 9.84 Å². The van der Waals surface area contributed by atoms with E-state index in [-0.39, 0.29) is 12.4 Å². The third-order valence-corrected chi connectivity index (χ3v) is 5.53. The third-order valence-electron chi connectivity index (χ3n) is 4.29. The minimum Gasteiger partial charge on any atom is -0.345 e. The summed E-state index contributed by atoms with van der Waals surface area (Å²) < 4.78 is 30.9. The Hall–Kier alpha value is -3.20. The number of hydrogen-bond acceptors (Lipinski definition) is 6. The van der Waals surface area contributed by atoms with Gasteiger partial charge in [-0.3, -0.25) is 9.10 Å². The number of carbonyl (C=O) groups is 1. The monoisotopic (exact) mass is 414 g/mol. The van der Waals surface area contributed by atoms with E-state index in [9.17, 15) is 13.2 Å². The van der Waals surface area contributed by atoms with E-state index in [2.05, 4.69) is 15.5 Å². The molecule has 1 atom stereocenters. The molecule has 1 N–H and O–H groups in total. The van der Waals surface area contributed by atoms with E-state index in [1.165, 1.54) is 6.92 Å². The summed E-state index contributed by atoms with van der Waals surface area (Å²) in [4.78, 5) is 16.9.